The molecule has 0 atom stereocenters. The van der Waals surface area contributed by atoms with Crippen molar-refractivity contribution in [3.63, 3.8) is 0 Å². The lowest BCUT2D eigenvalue weighted by atomic mass is 10.0. The monoisotopic (exact) mass is 618 g/mol. The molecule has 2 aromatic carbocycles. The first-order chi connectivity index (χ1) is 21.1. The summed E-state index contributed by atoms with van der Waals surface area (Å²) in [7, 11) is 1.99. The van der Waals surface area contributed by atoms with E-state index in [1.165, 1.54) is 23.5 Å². The zero-order valence-corrected chi connectivity index (χ0v) is 24.9. The number of carbonyl (C=O) groups excluding carboxylic acids is 1. The van der Waals surface area contributed by atoms with Crippen LogP contribution in [0, 0.1) is 6.92 Å². The molecule has 0 aliphatic carbocycles. The normalized spacial score (nSPS) is 14.6. The summed E-state index contributed by atoms with van der Waals surface area (Å²) in [6.45, 7) is 4.93. The van der Waals surface area contributed by atoms with Gasteiger partial charge in [0, 0.05) is 68.0 Å². The van der Waals surface area contributed by atoms with Gasteiger partial charge < -0.3 is 15.0 Å². The number of anilines is 1. The number of piperazine rings is 1. The zero-order valence-electron chi connectivity index (χ0n) is 24.1. The molecule has 1 fully saturated rings. The van der Waals surface area contributed by atoms with Crippen molar-refractivity contribution < 1.29 is 22.7 Å². The Kier molecular flexibility index (Phi) is 8.30. The van der Waals surface area contributed by atoms with Crippen LogP contribution in [0.25, 0.3) is 21.6 Å². The standard InChI is InChI=1S/C32H29F3N6O2S/c1-20-5-8-24(43-31-28-26(9-15-44-28)37-29(39-31)22-4-3-10-36-18-22)17-27(20)38-30(42)21-6-7-23(25(16-21)32(33,34)35)19-41-13-11-40(2)12-14-41/h3-10,15-18H,11-14,19H2,1-2H3,(H,38,42). The third kappa shape index (κ3) is 6.57. The van der Waals surface area contributed by atoms with E-state index in [1.807, 2.05) is 29.5 Å². The van der Waals surface area contributed by atoms with E-state index < -0.39 is 17.6 Å². The highest BCUT2D eigenvalue weighted by Gasteiger charge is 2.34. The van der Waals surface area contributed by atoms with Gasteiger partial charge in [0.05, 0.1) is 11.1 Å². The van der Waals surface area contributed by atoms with Crippen molar-refractivity contribution in [2.75, 3.05) is 38.5 Å². The Balaban J connectivity index is 1.24. The van der Waals surface area contributed by atoms with Gasteiger partial charge in [0.15, 0.2) is 5.82 Å². The number of halogens is 3. The quantitative estimate of drug-likeness (QED) is 0.213. The molecule has 8 nitrogen and oxygen atoms in total. The molecule has 0 unspecified atom stereocenters. The molecule has 6 rings (SSSR count). The molecule has 0 bridgehead atoms. The molecule has 44 heavy (non-hydrogen) atoms. The number of benzene rings is 2. The number of rotatable bonds is 7. The van der Waals surface area contributed by atoms with Gasteiger partial charge in [-0.05, 0) is 66.9 Å². The molecule has 5 aromatic rings. The fourth-order valence-electron chi connectivity index (χ4n) is 5.00. The number of nitrogens with zero attached hydrogens (tertiary/aromatic N) is 5. The van der Waals surface area contributed by atoms with Gasteiger partial charge in [-0.2, -0.15) is 18.2 Å². The van der Waals surface area contributed by atoms with Gasteiger partial charge >= 0.3 is 6.18 Å². The number of hydrogen-bond donors (Lipinski definition) is 1. The smallest absolute Gasteiger partial charge is 0.416 e. The Morgan fingerprint density at radius 1 is 1.05 bits per heavy atom. The summed E-state index contributed by atoms with van der Waals surface area (Å²) in [5.41, 5.74) is 1.85. The number of fused-ring (bicyclic) bond motifs is 1. The number of hydrogen-bond acceptors (Lipinski definition) is 8. The molecule has 1 aliphatic heterocycles. The van der Waals surface area contributed by atoms with Crippen LogP contribution in [0.15, 0.2) is 72.4 Å². The summed E-state index contributed by atoms with van der Waals surface area (Å²) in [5, 5.41) is 4.66. The molecule has 0 spiro atoms. The number of carbonyl (C=O) groups is 1. The van der Waals surface area contributed by atoms with E-state index >= 15 is 0 Å². The fourth-order valence-corrected chi connectivity index (χ4v) is 5.76. The maximum atomic E-state index is 14.1. The predicted molar refractivity (Wildman–Crippen MR) is 164 cm³/mol. The molecule has 0 saturated carbocycles. The Morgan fingerprint density at radius 3 is 2.61 bits per heavy atom. The summed E-state index contributed by atoms with van der Waals surface area (Å²) in [6, 6.07) is 14.4. The number of pyridine rings is 1. The maximum absolute atomic E-state index is 14.1. The predicted octanol–water partition coefficient (Wildman–Crippen LogP) is 6.87. The van der Waals surface area contributed by atoms with E-state index in [1.54, 1.807) is 43.6 Å². The van der Waals surface area contributed by atoms with Gasteiger partial charge in [-0.25, -0.2) is 4.98 Å². The van der Waals surface area contributed by atoms with Crippen LogP contribution in [0.5, 0.6) is 11.6 Å². The van der Waals surface area contributed by atoms with Crippen molar-refractivity contribution in [3.8, 4) is 23.0 Å². The second-order valence-corrected chi connectivity index (χ2v) is 11.6. The molecule has 12 heteroatoms. The Morgan fingerprint density at radius 2 is 1.86 bits per heavy atom. The summed E-state index contributed by atoms with van der Waals surface area (Å²) in [5.74, 6) is 0.547. The first-order valence-electron chi connectivity index (χ1n) is 14.0. The first kappa shape index (κ1) is 29.7. The number of nitrogens with one attached hydrogen (secondary N) is 1. The Hall–Kier alpha value is -4.39. The van der Waals surface area contributed by atoms with E-state index in [0.29, 0.717) is 41.8 Å². The van der Waals surface area contributed by atoms with Crippen LogP contribution in [-0.4, -0.2) is 63.9 Å². The number of thiophene rings is 1. The minimum Gasteiger partial charge on any atom is -0.437 e. The highest BCUT2D eigenvalue weighted by atomic mass is 32.1. The second-order valence-electron chi connectivity index (χ2n) is 10.7. The molecular formula is C32H29F3N6O2S. The van der Waals surface area contributed by atoms with Gasteiger partial charge in [0.1, 0.15) is 10.4 Å². The number of amides is 1. The van der Waals surface area contributed by atoms with Crippen LogP contribution in [0.1, 0.15) is 27.0 Å². The minimum absolute atomic E-state index is 0.0811. The lowest BCUT2D eigenvalue weighted by Gasteiger charge is -2.33. The summed E-state index contributed by atoms with van der Waals surface area (Å²) in [4.78, 5) is 30.8. The van der Waals surface area contributed by atoms with E-state index in [0.717, 1.165) is 34.9 Å². The largest absolute Gasteiger partial charge is 0.437 e. The lowest BCUT2D eigenvalue weighted by Crippen LogP contribution is -2.44. The summed E-state index contributed by atoms with van der Waals surface area (Å²) >= 11 is 1.44. The van der Waals surface area contributed by atoms with Crippen molar-refractivity contribution in [2.24, 2.45) is 0 Å². The van der Waals surface area contributed by atoms with Crippen molar-refractivity contribution in [1.82, 2.24) is 24.8 Å². The average molecular weight is 619 g/mol. The topological polar surface area (TPSA) is 83.5 Å². The molecule has 1 amide bonds. The van der Waals surface area contributed by atoms with Crippen molar-refractivity contribution >= 4 is 33.1 Å². The fraction of sp³-hybridized carbons (Fsp3) is 0.250. The molecular weight excluding hydrogens is 589 g/mol. The van der Waals surface area contributed by atoms with Crippen LogP contribution >= 0.6 is 11.3 Å². The minimum atomic E-state index is -4.60. The SMILES string of the molecule is Cc1ccc(Oc2nc(-c3cccnc3)nc3ccsc23)cc1NC(=O)c1ccc(CN2CCN(C)CC2)c(C(F)(F)F)c1. The van der Waals surface area contributed by atoms with Crippen molar-refractivity contribution in [1.29, 1.82) is 0 Å². The van der Waals surface area contributed by atoms with Crippen LogP contribution in [-0.2, 0) is 12.7 Å². The van der Waals surface area contributed by atoms with Gasteiger partial charge in [-0.3, -0.25) is 14.7 Å². The van der Waals surface area contributed by atoms with Gasteiger partial charge in [0.25, 0.3) is 5.91 Å². The second kappa shape index (κ2) is 12.3. The molecule has 1 aliphatic rings. The number of alkyl halides is 3. The number of likely N-dealkylation sites (N-methyl/N-ethyl adjacent to an activating group) is 1. The van der Waals surface area contributed by atoms with Gasteiger partial charge in [0.2, 0.25) is 5.88 Å². The zero-order chi connectivity index (χ0) is 30.8. The summed E-state index contributed by atoms with van der Waals surface area (Å²) < 4.78 is 49.2. The van der Waals surface area contributed by atoms with E-state index in [2.05, 4.69) is 25.2 Å². The lowest BCUT2D eigenvalue weighted by molar-refractivity contribution is -0.138. The van der Waals surface area contributed by atoms with Crippen LogP contribution in [0.3, 0.4) is 0 Å². The van der Waals surface area contributed by atoms with Gasteiger partial charge in [-0.1, -0.05) is 12.1 Å². The maximum Gasteiger partial charge on any atom is 0.416 e. The molecule has 3 aromatic heterocycles. The Labute approximate surface area is 256 Å². The van der Waals surface area contributed by atoms with Crippen LogP contribution in [0.2, 0.25) is 0 Å². The molecule has 0 radical (unpaired) electrons. The van der Waals surface area contributed by atoms with Crippen molar-refractivity contribution in [3.05, 3.63) is 94.6 Å². The average Bonchev–Trinajstić information content (AvgIpc) is 3.49. The highest BCUT2D eigenvalue weighted by Crippen LogP contribution is 2.36. The van der Waals surface area contributed by atoms with Crippen molar-refractivity contribution in [2.45, 2.75) is 19.6 Å². The third-order valence-corrected chi connectivity index (χ3v) is 8.42. The molecule has 1 N–H and O–H groups in total. The highest BCUT2D eigenvalue weighted by molar-refractivity contribution is 7.17. The van der Waals surface area contributed by atoms with E-state index in [4.69, 9.17) is 4.74 Å². The third-order valence-electron chi connectivity index (χ3n) is 7.53. The van der Waals surface area contributed by atoms with Crippen LogP contribution in [0.4, 0.5) is 18.9 Å². The number of ether oxygens (including phenoxy) is 1. The van der Waals surface area contributed by atoms with Crippen LogP contribution < -0.4 is 10.1 Å². The van der Waals surface area contributed by atoms with E-state index in [9.17, 15) is 18.0 Å². The Bertz CT molecular complexity index is 1800. The molecule has 4 heterocycles. The summed E-state index contributed by atoms with van der Waals surface area (Å²) in [6.07, 6.45) is -1.26. The number of aryl methyl sites for hydroxylation is 1. The van der Waals surface area contributed by atoms with Gasteiger partial charge in [-0.15, -0.1) is 11.3 Å². The first-order valence-corrected chi connectivity index (χ1v) is 14.9. The molecule has 1 saturated heterocycles. The van der Waals surface area contributed by atoms with E-state index in [-0.39, 0.29) is 17.7 Å². The number of aromatic nitrogens is 3. The molecule has 226 valence electrons.